The molecule has 0 saturated heterocycles. The van der Waals surface area contributed by atoms with E-state index in [2.05, 4.69) is 37.3 Å². The van der Waals surface area contributed by atoms with Crippen LogP contribution < -0.4 is 0 Å². The Kier molecular flexibility index (Phi) is 6.02. The molecule has 2 aromatic heterocycles. The molecule has 0 aliphatic rings. The van der Waals surface area contributed by atoms with E-state index in [9.17, 15) is 0 Å². The van der Waals surface area contributed by atoms with Crippen molar-refractivity contribution in [2.24, 2.45) is 0 Å². The first kappa shape index (κ1) is 20.5. The fraction of sp³-hybridized carbons (Fsp3) is 0.182. The van der Waals surface area contributed by atoms with Crippen LogP contribution in [0.5, 0.6) is 0 Å². The van der Waals surface area contributed by atoms with Crippen LogP contribution >= 0.6 is 46.3 Å². The molecule has 7 heteroatoms. The molecule has 0 aliphatic heterocycles. The first-order chi connectivity index (χ1) is 13.9. The molecule has 0 fully saturated rings. The Bertz CT molecular complexity index is 1150. The van der Waals surface area contributed by atoms with Crippen molar-refractivity contribution in [1.82, 2.24) is 14.8 Å². The fourth-order valence-corrected chi connectivity index (χ4v) is 5.62. The van der Waals surface area contributed by atoms with Gasteiger partial charge in [-0.15, -0.1) is 11.8 Å². The molecule has 4 aromatic rings. The van der Waals surface area contributed by atoms with Gasteiger partial charge in [0.1, 0.15) is 6.20 Å². The van der Waals surface area contributed by atoms with Crippen molar-refractivity contribution >= 4 is 46.3 Å². The molecule has 4 rings (SSSR count). The number of benzene rings is 2. The molecule has 0 atom stereocenters. The second-order valence-corrected chi connectivity index (χ2v) is 10.4. The molecular formula is C22H18Cl2N3S2. The van der Waals surface area contributed by atoms with Gasteiger partial charge in [0.15, 0.2) is 0 Å². The summed E-state index contributed by atoms with van der Waals surface area (Å²) in [5.41, 5.74) is 4.83. The van der Waals surface area contributed by atoms with E-state index < -0.39 is 0 Å². The number of aromatic nitrogens is 3. The molecule has 0 saturated carbocycles. The maximum absolute atomic E-state index is 6.25. The molecule has 0 N–H and O–H groups in total. The minimum Gasteiger partial charge on any atom is -0.217 e. The number of thioether (sulfide) groups is 1. The summed E-state index contributed by atoms with van der Waals surface area (Å²) < 4.78 is 2.87. The summed E-state index contributed by atoms with van der Waals surface area (Å²) >= 11 is 15.7. The van der Waals surface area contributed by atoms with Crippen LogP contribution in [-0.2, 0) is 0 Å². The van der Waals surface area contributed by atoms with Crippen molar-refractivity contribution in [2.45, 2.75) is 30.2 Å². The summed E-state index contributed by atoms with van der Waals surface area (Å²) in [6.45, 7) is 6.33. The van der Waals surface area contributed by atoms with Crippen LogP contribution in [0, 0.1) is 13.1 Å². The Morgan fingerprint density at radius 3 is 2.48 bits per heavy atom. The van der Waals surface area contributed by atoms with Gasteiger partial charge in [-0.05, 0) is 24.6 Å². The molecule has 0 amide bonds. The molecule has 0 bridgehead atoms. The predicted octanol–water partition coefficient (Wildman–Crippen LogP) is 7.58. The minimum atomic E-state index is 0.424. The Morgan fingerprint density at radius 1 is 1.03 bits per heavy atom. The standard InChI is InChI=1S/C22H18Cl2N3S2/c1-13(2)28-21-20(16-9-10-18(23)19(24)11-16)25-22(29-21)27-12-17(14(3)26-27)15-7-5-4-6-8-15/h4-11,13H,1-3H3. The highest BCUT2D eigenvalue weighted by Gasteiger charge is 2.19. The Hall–Kier alpha value is -1.79. The smallest absolute Gasteiger partial charge is 0.212 e. The maximum atomic E-state index is 6.25. The lowest BCUT2D eigenvalue weighted by atomic mass is 10.1. The number of aryl methyl sites for hydroxylation is 1. The van der Waals surface area contributed by atoms with Crippen molar-refractivity contribution in [2.75, 3.05) is 0 Å². The number of thiazole rings is 1. The summed E-state index contributed by atoms with van der Waals surface area (Å²) in [6.07, 6.45) is 3.38. The fourth-order valence-electron chi connectivity index (χ4n) is 2.89. The van der Waals surface area contributed by atoms with Gasteiger partial charge in [-0.3, -0.25) is 0 Å². The lowest BCUT2D eigenvalue weighted by molar-refractivity contribution is 0.848. The van der Waals surface area contributed by atoms with Crippen LogP contribution in [0.15, 0.2) is 52.7 Å². The van der Waals surface area contributed by atoms with Crippen LogP contribution in [0.1, 0.15) is 19.5 Å². The lowest BCUT2D eigenvalue weighted by Crippen LogP contribution is -1.94. The Morgan fingerprint density at radius 2 is 1.79 bits per heavy atom. The minimum absolute atomic E-state index is 0.424. The predicted molar refractivity (Wildman–Crippen MR) is 125 cm³/mol. The molecule has 29 heavy (non-hydrogen) atoms. The van der Waals surface area contributed by atoms with Crippen LogP contribution in [0.2, 0.25) is 10.0 Å². The SMILES string of the molecule is Cc1nn(-c2nc(-c3ccc(Cl)c(Cl)c3)c(SC(C)C)s2)[c]c1-c1ccccc1. The highest BCUT2D eigenvalue weighted by Crippen LogP contribution is 2.41. The van der Waals surface area contributed by atoms with E-state index in [0.29, 0.717) is 15.3 Å². The Labute approximate surface area is 188 Å². The number of rotatable bonds is 5. The first-order valence-corrected chi connectivity index (χ1v) is 11.5. The van der Waals surface area contributed by atoms with E-state index in [1.54, 1.807) is 33.8 Å². The van der Waals surface area contributed by atoms with Gasteiger partial charge in [0.25, 0.3) is 0 Å². The monoisotopic (exact) mass is 458 g/mol. The highest BCUT2D eigenvalue weighted by atomic mass is 35.5. The van der Waals surface area contributed by atoms with Crippen LogP contribution in [0.4, 0.5) is 0 Å². The average Bonchev–Trinajstić information content (AvgIpc) is 3.28. The Balaban J connectivity index is 1.79. The van der Waals surface area contributed by atoms with Crippen LogP contribution in [0.3, 0.4) is 0 Å². The van der Waals surface area contributed by atoms with Gasteiger partial charge in [-0.1, -0.05) is 84.8 Å². The zero-order chi connectivity index (χ0) is 20.5. The van der Waals surface area contributed by atoms with Gasteiger partial charge in [0.05, 0.1) is 25.6 Å². The lowest BCUT2D eigenvalue weighted by Gasteiger charge is -2.05. The van der Waals surface area contributed by atoms with Gasteiger partial charge >= 0.3 is 0 Å². The summed E-state index contributed by atoms with van der Waals surface area (Å²) in [5.74, 6) is 0. The topological polar surface area (TPSA) is 30.7 Å². The van der Waals surface area contributed by atoms with Gasteiger partial charge in [-0.2, -0.15) is 5.10 Å². The van der Waals surface area contributed by atoms with Gasteiger partial charge in [0.2, 0.25) is 5.13 Å². The van der Waals surface area contributed by atoms with E-state index in [1.807, 2.05) is 37.3 Å². The van der Waals surface area contributed by atoms with Crippen molar-refractivity contribution in [3.63, 3.8) is 0 Å². The summed E-state index contributed by atoms with van der Waals surface area (Å²) in [4.78, 5) is 4.89. The third kappa shape index (κ3) is 4.38. The third-order valence-corrected chi connectivity index (χ3v) is 7.18. The quantitative estimate of drug-likeness (QED) is 0.288. The number of hydrogen-bond donors (Lipinski definition) is 0. The molecule has 0 spiro atoms. The molecule has 147 valence electrons. The first-order valence-electron chi connectivity index (χ1n) is 9.10. The van der Waals surface area contributed by atoms with Gasteiger partial charge < -0.3 is 0 Å². The number of nitrogens with zero attached hydrogens (tertiary/aromatic N) is 3. The largest absolute Gasteiger partial charge is 0.217 e. The van der Waals surface area contributed by atoms with E-state index in [0.717, 1.165) is 37.4 Å². The van der Waals surface area contributed by atoms with Crippen LogP contribution in [-0.4, -0.2) is 20.0 Å². The number of hydrogen-bond acceptors (Lipinski definition) is 4. The molecular weight excluding hydrogens is 441 g/mol. The van der Waals surface area contributed by atoms with E-state index >= 15 is 0 Å². The van der Waals surface area contributed by atoms with Crippen molar-refractivity contribution in [3.8, 4) is 27.5 Å². The molecule has 0 aliphatic carbocycles. The van der Waals surface area contributed by atoms with Crippen molar-refractivity contribution < 1.29 is 0 Å². The average molecular weight is 459 g/mol. The summed E-state index contributed by atoms with van der Waals surface area (Å²) in [5, 5.41) is 6.93. The molecule has 0 unspecified atom stereocenters. The van der Waals surface area contributed by atoms with E-state index in [1.165, 1.54) is 0 Å². The summed E-state index contributed by atoms with van der Waals surface area (Å²) in [7, 11) is 0. The third-order valence-electron chi connectivity index (χ3n) is 4.19. The molecule has 1 radical (unpaired) electrons. The maximum Gasteiger partial charge on any atom is 0.212 e. The highest BCUT2D eigenvalue weighted by molar-refractivity contribution is 8.01. The molecule has 2 aromatic carbocycles. The van der Waals surface area contributed by atoms with Crippen molar-refractivity contribution in [3.05, 3.63) is 70.5 Å². The van der Waals surface area contributed by atoms with Gasteiger partial charge in [-0.25, -0.2) is 9.67 Å². The molecule has 3 nitrogen and oxygen atoms in total. The second kappa shape index (κ2) is 8.52. The number of halogens is 2. The van der Waals surface area contributed by atoms with E-state index in [-0.39, 0.29) is 0 Å². The zero-order valence-electron chi connectivity index (χ0n) is 16.1. The second-order valence-electron chi connectivity index (χ2n) is 6.78. The van der Waals surface area contributed by atoms with Crippen molar-refractivity contribution in [1.29, 1.82) is 0 Å². The zero-order valence-corrected chi connectivity index (χ0v) is 19.3. The van der Waals surface area contributed by atoms with Crippen LogP contribution in [0.25, 0.3) is 27.5 Å². The normalized spacial score (nSPS) is 11.4. The summed E-state index contributed by atoms with van der Waals surface area (Å²) in [6, 6.07) is 15.8. The molecule has 2 heterocycles. The van der Waals surface area contributed by atoms with Gasteiger partial charge in [0, 0.05) is 16.4 Å². The van der Waals surface area contributed by atoms with E-state index in [4.69, 9.17) is 28.2 Å².